The van der Waals surface area contributed by atoms with Gasteiger partial charge in [0.1, 0.15) is 0 Å². The van der Waals surface area contributed by atoms with Crippen LogP contribution in [0.5, 0.6) is 0 Å². The second-order valence-electron chi connectivity index (χ2n) is 11.1. The SMILES string of the molecule is CCCCCCCCCCCCCC(SCCC(=O)O)C(CCCCCCCCCCCCC)C(=O)O. The first-order chi connectivity index (χ1) is 18.0. The van der Waals surface area contributed by atoms with Gasteiger partial charge < -0.3 is 10.2 Å². The lowest BCUT2D eigenvalue weighted by Crippen LogP contribution is -2.26. The van der Waals surface area contributed by atoms with Crippen LogP contribution in [-0.2, 0) is 9.59 Å². The zero-order chi connectivity index (χ0) is 27.4. The van der Waals surface area contributed by atoms with Gasteiger partial charge in [-0.15, -0.1) is 0 Å². The van der Waals surface area contributed by atoms with Crippen LogP contribution in [0.1, 0.15) is 174 Å². The highest BCUT2D eigenvalue weighted by atomic mass is 32.2. The predicted octanol–water partition coefficient (Wildman–Crippen LogP) is 10.7. The summed E-state index contributed by atoms with van der Waals surface area (Å²) in [5, 5.41) is 19.0. The summed E-state index contributed by atoms with van der Waals surface area (Å²) in [4.78, 5) is 23.1. The molecule has 0 aromatic rings. The van der Waals surface area contributed by atoms with Crippen LogP contribution >= 0.6 is 11.8 Å². The smallest absolute Gasteiger partial charge is 0.307 e. The molecule has 0 heterocycles. The Balaban J connectivity index is 4.19. The molecular weight excluding hydrogens is 480 g/mol. The van der Waals surface area contributed by atoms with E-state index in [-0.39, 0.29) is 17.6 Å². The molecule has 0 aliphatic rings. The molecular formula is C32H62O4S. The maximum atomic E-state index is 12.1. The second-order valence-corrected chi connectivity index (χ2v) is 12.5. The number of hydrogen-bond donors (Lipinski definition) is 2. The van der Waals surface area contributed by atoms with Crippen LogP contribution in [0.15, 0.2) is 0 Å². The van der Waals surface area contributed by atoms with Crippen molar-refractivity contribution < 1.29 is 19.8 Å². The molecule has 0 rings (SSSR count). The van der Waals surface area contributed by atoms with E-state index < -0.39 is 11.9 Å². The lowest BCUT2D eigenvalue weighted by Gasteiger charge is -2.24. The summed E-state index contributed by atoms with van der Waals surface area (Å²) in [6.07, 6.45) is 29.9. The molecule has 0 aliphatic carbocycles. The molecule has 2 atom stereocenters. The van der Waals surface area contributed by atoms with Gasteiger partial charge >= 0.3 is 11.9 Å². The average Bonchev–Trinajstić information content (AvgIpc) is 2.86. The first-order valence-electron chi connectivity index (χ1n) is 16.1. The van der Waals surface area contributed by atoms with E-state index in [9.17, 15) is 14.7 Å². The van der Waals surface area contributed by atoms with E-state index in [2.05, 4.69) is 13.8 Å². The molecule has 0 bridgehead atoms. The molecule has 2 N–H and O–H groups in total. The number of carboxylic acids is 2. The Kier molecular flexibility index (Phi) is 27.8. The van der Waals surface area contributed by atoms with Gasteiger partial charge in [-0.1, -0.05) is 155 Å². The number of hydrogen-bond acceptors (Lipinski definition) is 3. The summed E-state index contributed by atoms with van der Waals surface area (Å²) in [5.74, 6) is -1.32. The first-order valence-corrected chi connectivity index (χ1v) is 17.1. The average molecular weight is 543 g/mol. The monoisotopic (exact) mass is 542 g/mol. The van der Waals surface area contributed by atoms with Gasteiger partial charge in [0.2, 0.25) is 0 Å². The Labute approximate surface area is 234 Å². The number of aliphatic carboxylic acids is 2. The Morgan fingerprint density at radius 3 is 1.24 bits per heavy atom. The number of thioether (sulfide) groups is 1. The van der Waals surface area contributed by atoms with Crippen LogP contribution in [0.25, 0.3) is 0 Å². The van der Waals surface area contributed by atoms with Crippen molar-refractivity contribution in [1.82, 2.24) is 0 Å². The van der Waals surface area contributed by atoms with Crippen molar-refractivity contribution in [3.05, 3.63) is 0 Å². The Hall–Kier alpha value is -0.710. The summed E-state index contributed by atoms with van der Waals surface area (Å²) in [5.41, 5.74) is 0. The third-order valence-electron chi connectivity index (χ3n) is 7.62. The summed E-state index contributed by atoms with van der Waals surface area (Å²) in [6, 6.07) is 0. The predicted molar refractivity (Wildman–Crippen MR) is 162 cm³/mol. The van der Waals surface area contributed by atoms with Gasteiger partial charge in [-0.05, 0) is 12.8 Å². The molecule has 0 amide bonds. The fraction of sp³-hybridized carbons (Fsp3) is 0.938. The summed E-state index contributed by atoms with van der Waals surface area (Å²) in [6.45, 7) is 4.51. The van der Waals surface area contributed by atoms with E-state index in [1.807, 2.05) is 0 Å². The molecule has 0 radical (unpaired) electrons. The number of rotatable bonds is 30. The lowest BCUT2D eigenvalue weighted by atomic mass is 9.93. The molecule has 0 aliphatic heterocycles. The molecule has 0 aromatic carbocycles. The minimum Gasteiger partial charge on any atom is -0.481 e. The van der Waals surface area contributed by atoms with Crippen LogP contribution in [0.2, 0.25) is 0 Å². The third-order valence-corrected chi connectivity index (χ3v) is 9.06. The highest BCUT2D eigenvalue weighted by Gasteiger charge is 2.27. The fourth-order valence-corrected chi connectivity index (χ4v) is 6.62. The van der Waals surface area contributed by atoms with E-state index in [0.29, 0.717) is 5.75 Å². The van der Waals surface area contributed by atoms with Gasteiger partial charge in [-0.3, -0.25) is 9.59 Å². The molecule has 0 spiro atoms. The van der Waals surface area contributed by atoms with Crippen LogP contribution < -0.4 is 0 Å². The molecule has 5 heteroatoms. The van der Waals surface area contributed by atoms with E-state index in [1.54, 1.807) is 11.8 Å². The largest absolute Gasteiger partial charge is 0.481 e. The van der Waals surface area contributed by atoms with Crippen molar-refractivity contribution in [3.63, 3.8) is 0 Å². The Bertz CT molecular complexity index is 511. The topological polar surface area (TPSA) is 74.6 Å². The molecule has 4 nitrogen and oxygen atoms in total. The van der Waals surface area contributed by atoms with E-state index in [1.165, 1.54) is 116 Å². The van der Waals surface area contributed by atoms with Crippen molar-refractivity contribution in [2.45, 2.75) is 180 Å². The molecule has 0 fully saturated rings. The van der Waals surface area contributed by atoms with Crippen molar-refractivity contribution in [3.8, 4) is 0 Å². The summed E-state index contributed by atoms with van der Waals surface area (Å²) >= 11 is 1.59. The standard InChI is InChI=1S/C32H62O4S/c1-3-5-7-9-11-13-15-17-19-21-23-25-29(32(35)36)30(37-28-27-31(33)34)26-24-22-20-18-16-14-12-10-8-6-4-2/h29-30H,3-28H2,1-2H3,(H,33,34)(H,35,36). The van der Waals surface area contributed by atoms with E-state index in [0.717, 1.165) is 38.5 Å². The highest BCUT2D eigenvalue weighted by molar-refractivity contribution is 7.99. The Morgan fingerprint density at radius 2 is 0.892 bits per heavy atom. The number of carbonyl (C=O) groups is 2. The minimum absolute atomic E-state index is 0.0403. The molecule has 0 saturated carbocycles. The van der Waals surface area contributed by atoms with Crippen molar-refractivity contribution in [2.75, 3.05) is 5.75 Å². The van der Waals surface area contributed by atoms with E-state index in [4.69, 9.17) is 5.11 Å². The van der Waals surface area contributed by atoms with Crippen LogP contribution in [0.4, 0.5) is 0 Å². The molecule has 0 aromatic heterocycles. The molecule has 2 unspecified atom stereocenters. The molecule has 0 saturated heterocycles. The van der Waals surface area contributed by atoms with Crippen LogP contribution in [0, 0.1) is 5.92 Å². The van der Waals surface area contributed by atoms with Crippen LogP contribution in [-0.4, -0.2) is 33.2 Å². The maximum absolute atomic E-state index is 12.1. The number of unbranched alkanes of at least 4 members (excludes halogenated alkanes) is 20. The zero-order valence-corrected chi connectivity index (χ0v) is 25.5. The normalized spacial score (nSPS) is 13.0. The van der Waals surface area contributed by atoms with E-state index >= 15 is 0 Å². The van der Waals surface area contributed by atoms with Crippen molar-refractivity contribution in [1.29, 1.82) is 0 Å². The van der Waals surface area contributed by atoms with Crippen molar-refractivity contribution >= 4 is 23.7 Å². The fourth-order valence-electron chi connectivity index (χ4n) is 5.20. The van der Waals surface area contributed by atoms with Gasteiger partial charge in [-0.2, -0.15) is 11.8 Å². The highest BCUT2D eigenvalue weighted by Crippen LogP contribution is 2.30. The Morgan fingerprint density at radius 1 is 0.541 bits per heavy atom. The maximum Gasteiger partial charge on any atom is 0.307 e. The first kappa shape index (κ1) is 36.3. The minimum atomic E-state index is -0.793. The lowest BCUT2D eigenvalue weighted by molar-refractivity contribution is -0.142. The van der Waals surface area contributed by atoms with Crippen LogP contribution in [0.3, 0.4) is 0 Å². The quantitative estimate of drug-likeness (QED) is 0.0883. The van der Waals surface area contributed by atoms with Gasteiger partial charge in [0, 0.05) is 11.0 Å². The summed E-state index contributed by atoms with van der Waals surface area (Å²) < 4.78 is 0. The van der Waals surface area contributed by atoms with Gasteiger partial charge in [0.25, 0.3) is 0 Å². The zero-order valence-electron chi connectivity index (χ0n) is 24.7. The molecule has 37 heavy (non-hydrogen) atoms. The molecule has 220 valence electrons. The third kappa shape index (κ3) is 25.3. The summed E-state index contributed by atoms with van der Waals surface area (Å²) in [7, 11) is 0. The van der Waals surface area contributed by atoms with Crippen molar-refractivity contribution in [2.24, 2.45) is 5.92 Å². The second kappa shape index (κ2) is 28.3. The number of carboxylic acid groups (broad SMARTS) is 2. The van der Waals surface area contributed by atoms with Gasteiger partial charge in [-0.25, -0.2) is 0 Å². The van der Waals surface area contributed by atoms with Gasteiger partial charge in [0.05, 0.1) is 12.3 Å². The van der Waals surface area contributed by atoms with Gasteiger partial charge in [0.15, 0.2) is 0 Å².